The van der Waals surface area contributed by atoms with Gasteiger partial charge < -0.3 is 14.8 Å². The summed E-state index contributed by atoms with van der Waals surface area (Å²) in [7, 11) is 2.08. The molecule has 2 aromatic rings. The summed E-state index contributed by atoms with van der Waals surface area (Å²) in [5.74, 6) is -4.34. The average Bonchev–Trinajstić information content (AvgIpc) is 3.44. The molecule has 4 rings (SSSR count). The van der Waals surface area contributed by atoms with E-state index < -0.39 is 24.3 Å². The van der Waals surface area contributed by atoms with Gasteiger partial charge in [0.2, 0.25) is 0 Å². The van der Waals surface area contributed by atoms with Crippen LogP contribution in [0.5, 0.6) is 0 Å². The third-order valence-electron chi connectivity index (χ3n) is 5.39. The molecule has 0 unspecified atom stereocenters. The molecule has 1 spiro atoms. The van der Waals surface area contributed by atoms with Crippen LogP contribution in [0.3, 0.4) is 0 Å². The Morgan fingerprint density at radius 2 is 1.57 bits per heavy atom. The van der Waals surface area contributed by atoms with Gasteiger partial charge in [0.25, 0.3) is 0 Å². The first-order chi connectivity index (χ1) is 16.1. The number of alkyl halides is 6. The van der Waals surface area contributed by atoms with Crippen LogP contribution in [0.2, 0.25) is 0 Å². The van der Waals surface area contributed by atoms with Gasteiger partial charge in [-0.3, -0.25) is 9.80 Å². The number of imidazole rings is 1. The minimum Gasteiger partial charge on any atom is -0.475 e. The number of likely N-dealkylation sites (tertiary alicyclic amines) is 2. The Hall–Kier alpha value is -2.65. The summed E-state index contributed by atoms with van der Waals surface area (Å²) >= 11 is 1.80. The summed E-state index contributed by atoms with van der Waals surface area (Å²) < 4.78 is 65.6. The van der Waals surface area contributed by atoms with Gasteiger partial charge in [-0.1, -0.05) is 0 Å². The van der Waals surface area contributed by atoms with Crippen LogP contribution in [0.15, 0.2) is 29.2 Å². The Morgan fingerprint density at radius 3 is 2.00 bits per heavy atom. The zero-order chi connectivity index (χ0) is 26.4. The minimum absolute atomic E-state index is 0.557. The SMILES string of the molecule is Cn1ccnc1CN1CC2(CCN(Cc3ccsc3)C2)C1.O=C(O)C(F)(F)F.O=C(O)C(F)(F)F. The van der Waals surface area contributed by atoms with Crippen LogP contribution in [-0.2, 0) is 29.7 Å². The summed E-state index contributed by atoms with van der Waals surface area (Å²) in [5.41, 5.74) is 2.03. The molecular weight excluding hydrogens is 506 g/mol. The fourth-order valence-electron chi connectivity index (χ4n) is 3.82. The number of carbonyl (C=O) groups is 2. The minimum atomic E-state index is -5.08. The molecule has 0 bridgehead atoms. The van der Waals surface area contributed by atoms with Crippen molar-refractivity contribution in [3.8, 4) is 0 Å². The van der Waals surface area contributed by atoms with E-state index in [0.29, 0.717) is 5.41 Å². The van der Waals surface area contributed by atoms with Gasteiger partial charge in [0, 0.05) is 51.0 Å². The van der Waals surface area contributed by atoms with Crippen molar-refractivity contribution in [2.45, 2.75) is 31.9 Å². The van der Waals surface area contributed by atoms with Gasteiger partial charge in [-0.25, -0.2) is 14.6 Å². The number of aromatic nitrogens is 2. The highest BCUT2D eigenvalue weighted by atomic mass is 32.1. The first-order valence-corrected chi connectivity index (χ1v) is 11.1. The molecule has 4 heterocycles. The second-order valence-corrected chi connectivity index (χ2v) is 9.08. The second kappa shape index (κ2) is 11.4. The number of carboxylic acid groups (broad SMARTS) is 2. The maximum atomic E-state index is 10.6. The van der Waals surface area contributed by atoms with E-state index >= 15 is 0 Å². The fraction of sp³-hybridized carbons (Fsp3) is 0.550. The molecule has 8 nitrogen and oxygen atoms in total. The van der Waals surface area contributed by atoms with Gasteiger partial charge in [0.15, 0.2) is 0 Å². The van der Waals surface area contributed by atoms with Crippen LogP contribution in [0, 0.1) is 5.41 Å². The van der Waals surface area contributed by atoms with E-state index in [1.165, 1.54) is 44.0 Å². The molecular formula is C20H24F6N4O4S. The smallest absolute Gasteiger partial charge is 0.475 e. The molecule has 2 fully saturated rings. The predicted molar refractivity (Wildman–Crippen MR) is 113 cm³/mol. The van der Waals surface area contributed by atoms with Gasteiger partial charge in [-0.15, -0.1) is 0 Å². The molecule has 2 aliphatic heterocycles. The number of carboxylic acids is 2. The number of nitrogens with zero attached hydrogens (tertiary/aromatic N) is 4. The largest absolute Gasteiger partial charge is 0.490 e. The van der Waals surface area contributed by atoms with Gasteiger partial charge in [0.1, 0.15) is 5.82 Å². The maximum Gasteiger partial charge on any atom is 0.490 e. The second-order valence-electron chi connectivity index (χ2n) is 8.30. The van der Waals surface area contributed by atoms with Crippen molar-refractivity contribution in [2.75, 3.05) is 26.2 Å². The number of thiophene rings is 1. The zero-order valence-corrected chi connectivity index (χ0v) is 19.3. The van der Waals surface area contributed by atoms with E-state index in [-0.39, 0.29) is 0 Å². The summed E-state index contributed by atoms with van der Waals surface area (Å²) in [6, 6.07) is 2.25. The van der Waals surface area contributed by atoms with Crippen molar-refractivity contribution in [3.05, 3.63) is 40.6 Å². The van der Waals surface area contributed by atoms with Crippen LogP contribution >= 0.6 is 11.3 Å². The molecule has 0 radical (unpaired) electrons. The van der Waals surface area contributed by atoms with E-state index in [1.807, 2.05) is 12.4 Å². The first kappa shape index (κ1) is 28.6. The van der Waals surface area contributed by atoms with Crippen LogP contribution in [0.1, 0.15) is 17.8 Å². The summed E-state index contributed by atoms with van der Waals surface area (Å²) in [6.07, 6.45) is -4.89. The van der Waals surface area contributed by atoms with E-state index in [1.54, 1.807) is 11.3 Å². The van der Waals surface area contributed by atoms with Crippen molar-refractivity contribution in [1.82, 2.24) is 19.4 Å². The maximum absolute atomic E-state index is 10.6. The Morgan fingerprint density at radius 1 is 1.03 bits per heavy atom. The zero-order valence-electron chi connectivity index (χ0n) is 18.5. The molecule has 2 aromatic heterocycles. The molecule has 0 aromatic carbocycles. The van der Waals surface area contributed by atoms with Crippen molar-refractivity contribution in [2.24, 2.45) is 12.5 Å². The molecule has 15 heteroatoms. The molecule has 2 N–H and O–H groups in total. The number of aryl methyl sites for hydroxylation is 1. The fourth-order valence-corrected chi connectivity index (χ4v) is 4.48. The Bertz CT molecular complexity index is 947. The highest BCUT2D eigenvalue weighted by molar-refractivity contribution is 7.07. The van der Waals surface area contributed by atoms with Gasteiger partial charge in [-0.2, -0.15) is 37.7 Å². The standard InChI is InChI=1S/C16H22N4S.2C2HF3O2/c1-18-6-4-17-15(18)9-20-12-16(13-20)3-5-19(11-16)8-14-2-7-21-10-14;2*3-2(4,5)1(6)7/h2,4,6-7,10H,3,5,8-9,11-13H2,1H3;2*(H,6,7). The van der Waals surface area contributed by atoms with E-state index in [4.69, 9.17) is 19.8 Å². The van der Waals surface area contributed by atoms with Gasteiger partial charge >= 0.3 is 24.3 Å². The van der Waals surface area contributed by atoms with Gasteiger partial charge in [-0.05, 0) is 35.4 Å². The lowest BCUT2D eigenvalue weighted by molar-refractivity contribution is -0.193. The molecule has 35 heavy (non-hydrogen) atoms. The van der Waals surface area contributed by atoms with E-state index in [2.05, 4.69) is 43.2 Å². The van der Waals surface area contributed by atoms with Crippen molar-refractivity contribution >= 4 is 23.3 Å². The van der Waals surface area contributed by atoms with Crippen LogP contribution in [0.4, 0.5) is 26.3 Å². The average molecular weight is 530 g/mol. The Labute approximate surface area is 200 Å². The van der Waals surface area contributed by atoms with E-state index in [9.17, 15) is 26.3 Å². The van der Waals surface area contributed by atoms with Crippen LogP contribution in [-0.4, -0.2) is 80.0 Å². The van der Waals surface area contributed by atoms with Crippen molar-refractivity contribution in [3.63, 3.8) is 0 Å². The lowest BCUT2D eigenvalue weighted by Crippen LogP contribution is -2.57. The number of hydrogen-bond donors (Lipinski definition) is 2. The molecule has 2 aliphatic rings. The third-order valence-corrected chi connectivity index (χ3v) is 6.12. The first-order valence-electron chi connectivity index (χ1n) is 10.1. The summed E-state index contributed by atoms with van der Waals surface area (Å²) in [4.78, 5) is 27.4. The number of hydrogen-bond acceptors (Lipinski definition) is 6. The molecule has 0 amide bonds. The highest BCUT2D eigenvalue weighted by Gasteiger charge is 2.47. The molecule has 196 valence electrons. The number of aliphatic carboxylic acids is 2. The Kier molecular flexibility index (Phi) is 9.30. The highest BCUT2D eigenvalue weighted by Crippen LogP contribution is 2.40. The predicted octanol–water partition coefficient (Wildman–Crippen LogP) is 3.46. The van der Waals surface area contributed by atoms with Crippen LogP contribution in [0.25, 0.3) is 0 Å². The normalized spacial score (nSPS) is 17.7. The topological polar surface area (TPSA) is 98.9 Å². The Balaban J connectivity index is 0.000000257. The lowest BCUT2D eigenvalue weighted by atomic mass is 9.79. The van der Waals surface area contributed by atoms with Gasteiger partial charge in [0.05, 0.1) is 6.54 Å². The molecule has 0 aliphatic carbocycles. The summed E-state index contributed by atoms with van der Waals surface area (Å²) in [6.45, 7) is 7.12. The molecule has 2 saturated heterocycles. The van der Waals surface area contributed by atoms with E-state index in [0.717, 1.165) is 13.1 Å². The summed E-state index contributed by atoms with van der Waals surface area (Å²) in [5, 5.41) is 18.7. The van der Waals surface area contributed by atoms with Crippen molar-refractivity contribution in [1.29, 1.82) is 0 Å². The van der Waals surface area contributed by atoms with Crippen molar-refractivity contribution < 1.29 is 46.1 Å². The van der Waals surface area contributed by atoms with Crippen LogP contribution < -0.4 is 0 Å². The number of halogens is 6. The molecule has 0 saturated carbocycles. The third kappa shape index (κ3) is 8.81. The monoisotopic (exact) mass is 530 g/mol. The quantitative estimate of drug-likeness (QED) is 0.585. The lowest BCUT2D eigenvalue weighted by Gasteiger charge is -2.48. The number of rotatable bonds is 4. The molecule has 0 atom stereocenters.